The number of hydrogen-bond acceptors (Lipinski definition) is 1. The number of benzene rings is 1. The summed E-state index contributed by atoms with van der Waals surface area (Å²) in [4.78, 5) is 11.2. The highest BCUT2D eigenvalue weighted by molar-refractivity contribution is 6.95. The molecule has 1 aromatic carbocycles. The van der Waals surface area contributed by atoms with Crippen LogP contribution in [0.5, 0.6) is 0 Å². The molecule has 0 saturated carbocycles. The van der Waals surface area contributed by atoms with Gasteiger partial charge in [0.05, 0.1) is 0 Å². The van der Waals surface area contributed by atoms with Crippen LogP contribution in [0.25, 0.3) is 0 Å². The van der Waals surface area contributed by atoms with E-state index >= 15 is 0 Å². The van der Waals surface area contributed by atoms with Crippen molar-refractivity contribution in [2.45, 2.75) is 39.8 Å². The van der Waals surface area contributed by atoms with Crippen molar-refractivity contribution >= 4 is 19.5 Å². The lowest BCUT2D eigenvalue weighted by atomic mass is 10.1. The molecule has 0 heterocycles. The second-order valence-corrected chi connectivity index (χ2v) is 9.59. The number of carbonyl (C=O) groups is 1. The maximum atomic E-state index is 11.2. The van der Waals surface area contributed by atoms with Gasteiger partial charge in [0.15, 0.2) is 0 Å². The van der Waals surface area contributed by atoms with Gasteiger partial charge < -0.3 is 0 Å². The average molecular weight is 246 g/mol. The Morgan fingerprint density at radius 2 is 1.82 bits per heavy atom. The van der Waals surface area contributed by atoms with E-state index in [1.165, 1.54) is 10.4 Å². The second kappa shape index (κ2) is 5.96. The van der Waals surface area contributed by atoms with E-state index in [1.807, 2.05) is 6.07 Å². The zero-order chi connectivity index (χ0) is 12.9. The molecule has 0 unspecified atom stereocenters. The molecular weight excluding hydrogens is 224 g/mol. The number of allylic oxidation sites excluding steroid dienone is 2. The molecule has 1 aromatic rings. The lowest BCUT2D eigenvalue weighted by molar-refractivity contribution is -0.105. The Kier molecular flexibility index (Phi) is 4.88. The predicted molar refractivity (Wildman–Crippen MR) is 77.2 cm³/mol. The minimum absolute atomic E-state index is 0.901. The summed E-state index contributed by atoms with van der Waals surface area (Å²) in [5.74, 6) is 0. The average Bonchev–Trinajstić information content (AvgIpc) is 2.36. The van der Waals surface area contributed by atoms with Gasteiger partial charge in [0.2, 0.25) is 0 Å². The summed E-state index contributed by atoms with van der Waals surface area (Å²) < 4.78 is 0. The van der Waals surface area contributed by atoms with E-state index in [2.05, 4.69) is 51.2 Å². The van der Waals surface area contributed by atoms with E-state index in [9.17, 15) is 4.79 Å². The quantitative estimate of drug-likeness (QED) is 0.442. The highest BCUT2D eigenvalue weighted by Gasteiger charge is 2.27. The Hall–Kier alpha value is -1.15. The highest BCUT2D eigenvalue weighted by atomic mass is 28.3. The van der Waals surface area contributed by atoms with Crippen molar-refractivity contribution < 1.29 is 4.79 Å². The van der Waals surface area contributed by atoms with Crippen molar-refractivity contribution in [2.75, 3.05) is 0 Å². The molecule has 0 aliphatic heterocycles. The third-order valence-corrected chi connectivity index (χ3v) is 7.55. The molecular formula is C15H22OSi. The Bertz CT molecular complexity index is 404. The smallest absolute Gasteiger partial charge is 0.145 e. The van der Waals surface area contributed by atoms with Crippen LogP contribution in [-0.2, 0) is 4.79 Å². The van der Waals surface area contributed by atoms with Gasteiger partial charge in [0, 0.05) is 0 Å². The SMILES string of the molecule is CCC/C(C=O)=C(\C)[Si](C)(C)c1ccccc1. The van der Waals surface area contributed by atoms with Crippen molar-refractivity contribution in [1.82, 2.24) is 0 Å². The van der Waals surface area contributed by atoms with Crippen LogP contribution in [-0.4, -0.2) is 14.4 Å². The fourth-order valence-corrected chi connectivity index (χ4v) is 4.52. The van der Waals surface area contributed by atoms with Crippen molar-refractivity contribution in [1.29, 1.82) is 0 Å². The molecule has 92 valence electrons. The van der Waals surface area contributed by atoms with Crippen LogP contribution in [0.4, 0.5) is 0 Å². The van der Waals surface area contributed by atoms with Crippen molar-refractivity contribution in [3.05, 3.63) is 41.1 Å². The summed E-state index contributed by atoms with van der Waals surface area (Å²) in [6.07, 6.45) is 2.99. The third kappa shape index (κ3) is 3.16. The molecule has 0 amide bonds. The first kappa shape index (κ1) is 13.9. The van der Waals surface area contributed by atoms with E-state index in [-0.39, 0.29) is 0 Å². The first-order valence-electron chi connectivity index (χ1n) is 6.25. The van der Waals surface area contributed by atoms with Gasteiger partial charge >= 0.3 is 0 Å². The molecule has 0 aliphatic carbocycles. The van der Waals surface area contributed by atoms with Crippen LogP contribution in [0.15, 0.2) is 41.1 Å². The maximum absolute atomic E-state index is 11.2. The summed E-state index contributed by atoms with van der Waals surface area (Å²) >= 11 is 0. The minimum Gasteiger partial charge on any atom is -0.298 e. The monoisotopic (exact) mass is 246 g/mol. The van der Waals surface area contributed by atoms with Crippen molar-refractivity contribution in [2.24, 2.45) is 0 Å². The summed E-state index contributed by atoms with van der Waals surface area (Å²) in [5, 5.41) is 2.72. The van der Waals surface area contributed by atoms with Gasteiger partial charge in [-0.3, -0.25) is 4.79 Å². The molecule has 0 radical (unpaired) electrons. The predicted octanol–water partition coefficient (Wildman–Crippen LogP) is 3.46. The zero-order valence-electron chi connectivity index (χ0n) is 11.3. The Morgan fingerprint density at radius 1 is 1.24 bits per heavy atom. The summed E-state index contributed by atoms with van der Waals surface area (Å²) in [6, 6.07) is 10.6. The largest absolute Gasteiger partial charge is 0.298 e. The maximum Gasteiger partial charge on any atom is 0.145 e. The molecule has 0 N–H and O–H groups in total. The summed E-state index contributed by atoms with van der Waals surface area (Å²) in [5.41, 5.74) is 1.01. The Balaban J connectivity index is 3.17. The molecule has 17 heavy (non-hydrogen) atoms. The van der Waals surface area contributed by atoms with Crippen molar-refractivity contribution in [3.8, 4) is 0 Å². The number of hydrogen-bond donors (Lipinski definition) is 0. The molecule has 0 bridgehead atoms. The van der Waals surface area contributed by atoms with Crippen LogP contribution < -0.4 is 5.19 Å². The normalized spacial score (nSPS) is 13.2. The number of rotatable bonds is 5. The van der Waals surface area contributed by atoms with E-state index in [4.69, 9.17) is 0 Å². The molecule has 1 nitrogen and oxygen atoms in total. The molecule has 1 rings (SSSR count). The number of aldehydes is 1. The summed E-state index contributed by atoms with van der Waals surface area (Å²) in [7, 11) is -1.66. The molecule has 0 spiro atoms. The second-order valence-electron chi connectivity index (χ2n) is 5.01. The lowest BCUT2D eigenvalue weighted by Gasteiger charge is -2.26. The van der Waals surface area contributed by atoms with E-state index in [0.29, 0.717) is 0 Å². The van der Waals surface area contributed by atoms with Crippen LogP contribution in [0.2, 0.25) is 13.1 Å². The van der Waals surface area contributed by atoms with E-state index in [1.54, 1.807) is 0 Å². The highest BCUT2D eigenvalue weighted by Crippen LogP contribution is 2.20. The molecule has 0 atom stereocenters. The standard InChI is InChI=1S/C15H22OSi/c1-5-9-14(12-16)13(2)17(3,4)15-10-7-6-8-11-15/h6-8,10-12H,5,9H2,1-4H3/b14-13-. The molecule has 0 fully saturated rings. The van der Waals surface area contributed by atoms with E-state index in [0.717, 1.165) is 24.7 Å². The van der Waals surface area contributed by atoms with Crippen LogP contribution in [0, 0.1) is 0 Å². The Morgan fingerprint density at radius 3 is 2.29 bits per heavy atom. The van der Waals surface area contributed by atoms with Crippen LogP contribution in [0.1, 0.15) is 26.7 Å². The van der Waals surface area contributed by atoms with Crippen molar-refractivity contribution in [3.63, 3.8) is 0 Å². The van der Waals surface area contributed by atoms with Gasteiger partial charge in [-0.1, -0.05) is 67.2 Å². The number of carbonyl (C=O) groups excluding carboxylic acids is 1. The summed E-state index contributed by atoms with van der Waals surface area (Å²) in [6.45, 7) is 8.89. The Labute approximate surface area is 106 Å². The molecule has 0 aromatic heterocycles. The lowest BCUT2D eigenvalue weighted by Crippen LogP contribution is -2.43. The van der Waals surface area contributed by atoms with Gasteiger partial charge in [-0.25, -0.2) is 0 Å². The van der Waals surface area contributed by atoms with Crippen LogP contribution >= 0.6 is 0 Å². The first-order valence-corrected chi connectivity index (χ1v) is 9.25. The minimum atomic E-state index is -1.66. The van der Waals surface area contributed by atoms with Crippen LogP contribution in [0.3, 0.4) is 0 Å². The van der Waals surface area contributed by atoms with Gasteiger partial charge in [0.25, 0.3) is 0 Å². The van der Waals surface area contributed by atoms with Gasteiger partial charge in [-0.05, 0) is 18.9 Å². The first-order chi connectivity index (χ1) is 8.04. The fourth-order valence-electron chi connectivity index (χ4n) is 2.08. The molecule has 2 heteroatoms. The topological polar surface area (TPSA) is 17.1 Å². The van der Waals surface area contributed by atoms with Gasteiger partial charge in [-0.15, -0.1) is 0 Å². The zero-order valence-corrected chi connectivity index (χ0v) is 12.3. The fraction of sp³-hybridized carbons (Fsp3) is 0.400. The molecule has 0 saturated heterocycles. The third-order valence-electron chi connectivity index (χ3n) is 3.58. The van der Waals surface area contributed by atoms with E-state index < -0.39 is 8.07 Å². The molecule has 0 aliphatic rings. The van der Waals surface area contributed by atoms with Gasteiger partial charge in [-0.2, -0.15) is 0 Å². The van der Waals surface area contributed by atoms with Gasteiger partial charge in [0.1, 0.15) is 14.4 Å².